The lowest BCUT2D eigenvalue weighted by molar-refractivity contribution is 0.250. The third-order valence-electron chi connectivity index (χ3n) is 6.00. The zero-order valence-electron chi connectivity index (χ0n) is 18.5. The normalized spacial score (nSPS) is 13.7. The van der Waals surface area contributed by atoms with Crippen LogP contribution in [0.4, 0.5) is 5.69 Å². The van der Waals surface area contributed by atoms with Crippen LogP contribution in [0.1, 0.15) is 6.42 Å². The Bertz CT molecular complexity index is 1270. The molecular weight excluding hydrogens is 516 g/mol. The molecule has 3 heterocycles. The van der Waals surface area contributed by atoms with Crippen molar-refractivity contribution < 1.29 is 0 Å². The van der Waals surface area contributed by atoms with Crippen molar-refractivity contribution in [2.75, 3.05) is 37.6 Å². The van der Waals surface area contributed by atoms with Gasteiger partial charge in [-0.25, -0.2) is 4.98 Å². The molecule has 6 nitrogen and oxygen atoms in total. The average Bonchev–Trinajstić information content (AvgIpc) is 2.81. The van der Waals surface area contributed by atoms with E-state index in [4.69, 9.17) is 11.6 Å². The molecule has 0 amide bonds. The Kier molecular flexibility index (Phi) is 10.4. The Labute approximate surface area is 222 Å². The van der Waals surface area contributed by atoms with Crippen molar-refractivity contribution in [1.29, 1.82) is 0 Å². The third-order valence-corrected chi connectivity index (χ3v) is 6.25. The monoisotopic (exact) mass is 541 g/mol. The van der Waals surface area contributed by atoms with Crippen LogP contribution in [0.3, 0.4) is 0 Å². The second kappa shape index (κ2) is 12.6. The van der Waals surface area contributed by atoms with Crippen LogP contribution in [-0.4, -0.2) is 52.2 Å². The molecule has 5 rings (SSSR count). The maximum atomic E-state index is 12.9. The minimum atomic E-state index is -0.0178. The van der Waals surface area contributed by atoms with Crippen LogP contribution in [0.25, 0.3) is 21.8 Å². The third kappa shape index (κ3) is 5.93. The Hall–Kier alpha value is -2.09. The molecule has 0 N–H and O–H groups in total. The van der Waals surface area contributed by atoms with Gasteiger partial charge in [0.05, 0.1) is 22.7 Å². The molecule has 1 saturated heterocycles. The van der Waals surface area contributed by atoms with Gasteiger partial charge in [-0.05, 0) is 43.3 Å². The summed E-state index contributed by atoms with van der Waals surface area (Å²) >= 11 is 5.99. The number of hydrogen-bond donors (Lipinski definition) is 0. The minimum absolute atomic E-state index is 0. The van der Waals surface area contributed by atoms with Crippen molar-refractivity contribution in [3.05, 3.63) is 76.4 Å². The second-order valence-corrected chi connectivity index (χ2v) is 8.38. The maximum Gasteiger partial charge on any atom is 0.262 e. The molecule has 0 spiro atoms. The van der Waals surface area contributed by atoms with Gasteiger partial charge >= 0.3 is 0 Å². The first-order valence-corrected chi connectivity index (χ1v) is 11.0. The first-order chi connectivity index (χ1) is 15.2. The molecule has 0 unspecified atom stereocenters. The van der Waals surface area contributed by atoms with E-state index in [1.165, 1.54) is 5.69 Å². The molecule has 1 fully saturated rings. The second-order valence-electron chi connectivity index (χ2n) is 7.94. The van der Waals surface area contributed by atoms with Gasteiger partial charge in [0.15, 0.2) is 0 Å². The number of anilines is 1. The fourth-order valence-electron chi connectivity index (χ4n) is 4.26. The number of nitrogens with zero attached hydrogens (tertiary/aromatic N) is 5. The summed E-state index contributed by atoms with van der Waals surface area (Å²) in [5, 5.41) is 2.27. The Morgan fingerprint density at radius 1 is 0.824 bits per heavy atom. The van der Waals surface area contributed by atoms with Gasteiger partial charge in [-0.1, -0.05) is 29.8 Å². The molecule has 0 atom stereocenters. The number of halogens is 4. The first-order valence-electron chi connectivity index (χ1n) is 10.6. The highest BCUT2D eigenvalue weighted by Crippen LogP contribution is 2.20. The summed E-state index contributed by atoms with van der Waals surface area (Å²) in [6.07, 6.45) is 4.24. The van der Waals surface area contributed by atoms with Crippen LogP contribution < -0.4 is 10.5 Å². The summed E-state index contributed by atoms with van der Waals surface area (Å²) in [6.45, 7) is 5.66. The number of aryl methyl sites for hydroxylation is 1. The number of fused-ring (bicyclic) bond motifs is 3. The smallest absolute Gasteiger partial charge is 0.262 e. The molecule has 2 aromatic heterocycles. The zero-order chi connectivity index (χ0) is 21.2. The van der Waals surface area contributed by atoms with E-state index < -0.39 is 0 Å². The van der Waals surface area contributed by atoms with E-state index in [0.717, 1.165) is 60.6 Å². The van der Waals surface area contributed by atoms with Crippen LogP contribution in [0, 0.1) is 0 Å². The number of hydrogen-bond acceptors (Lipinski definition) is 5. The lowest BCUT2D eigenvalue weighted by Gasteiger charge is -2.36. The molecular formula is C24H27Cl4N5O. The van der Waals surface area contributed by atoms with E-state index in [2.05, 4.69) is 31.9 Å². The number of para-hydroxylation sites is 1. The van der Waals surface area contributed by atoms with Crippen LogP contribution in [0.15, 0.2) is 65.8 Å². The van der Waals surface area contributed by atoms with Gasteiger partial charge in [-0.2, -0.15) is 0 Å². The predicted molar refractivity (Wildman–Crippen MR) is 148 cm³/mol. The summed E-state index contributed by atoms with van der Waals surface area (Å²) in [5.41, 5.74) is 2.79. The van der Waals surface area contributed by atoms with Crippen molar-refractivity contribution in [3.63, 3.8) is 0 Å². The fraction of sp³-hybridized carbons (Fsp3) is 0.292. The Balaban J connectivity index is 0.00000136. The van der Waals surface area contributed by atoms with Crippen molar-refractivity contribution in [2.24, 2.45) is 0 Å². The maximum absolute atomic E-state index is 12.9. The standard InChI is InChI=1S/C24H24ClN5O.3ClH/c25-18-6-8-19(9-7-18)29-14-12-28(13-15-29)10-3-11-30-17-27-23-20-4-1-2-5-22(20)26-16-21(23)24(30)31;;;/h1-2,4-9,16-17H,3,10-15H2;3*1H. The van der Waals surface area contributed by atoms with Crippen molar-refractivity contribution in [3.8, 4) is 0 Å². The summed E-state index contributed by atoms with van der Waals surface area (Å²) in [7, 11) is 0. The SMILES string of the molecule is Cl.Cl.Cl.O=c1c2cnc3ccccc3c2ncn1CCCN1CCN(c2ccc(Cl)cc2)CC1. The molecule has 0 radical (unpaired) electrons. The van der Waals surface area contributed by atoms with Crippen LogP contribution in [-0.2, 0) is 6.54 Å². The van der Waals surface area contributed by atoms with E-state index in [-0.39, 0.29) is 42.8 Å². The summed E-state index contributed by atoms with van der Waals surface area (Å²) in [5.74, 6) is 0. The molecule has 1 aliphatic heterocycles. The summed E-state index contributed by atoms with van der Waals surface area (Å²) < 4.78 is 1.71. The molecule has 182 valence electrons. The number of aromatic nitrogens is 3. The van der Waals surface area contributed by atoms with E-state index >= 15 is 0 Å². The lowest BCUT2D eigenvalue weighted by Crippen LogP contribution is -2.46. The molecule has 0 saturated carbocycles. The Morgan fingerprint density at radius 2 is 1.53 bits per heavy atom. The van der Waals surface area contributed by atoms with Gasteiger partial charge in [0.25, 0.3) is 5.56 Å². The van der Waals surface area contributed by atoms with Gasteiger partial charge < -0.3 is 4.90 Å². The van der Waals surface area contributed by atoms with Crippen molar-refractivity contribution >= 4 is 76.3 Å². The largest absolute Gasteiger partial charge is 0.369 e. The van der Waals surface area contributed by atoms with Crippen LogP contribution in [0.2, 0.25) is 5.02 Å². The molecule has 34 heavy (non-hydrogen) atoms. The van der Waals surface area contributed by atoms with Gasteiger partial charge in [0.2, 0.25) is 0 Å². The molecule has 4 aromatic rings. The molecule has 0 aliphatic carbocycles. The predicted octanol–water partition coefficient (Wildman–Crippen LogP) is 5.08. The Morgan fingerprint density at radius 3 is 2.26 bits per heavy atom. The van der Waals surface area contributed by atoms with E-state index in [1.54, 1.807) is 17.1 Å². The van der Waals surface area contributed by atoms with E-state index in [1.807, 2.05) is 36.4 Å². The molecule has 2 aromatic carbocycles. The zero-order valence-corrected chi connectivity index (χ0v) is 21.7. The van der Waals surface area contributed by atoms with Gasteiger partial charge in [-0.15, -0.1) is 37.2 Å². The van der Waals surface area contributed by atoms with Crippen LogP contribution >= 0.6 is 48.8 Å². The van der Waals surface area contributed by atoms with Crippen molar-refractivity contribution in [1.82, 2.24) is 19.4 Å². The molecule has 10 heteroatoms. The van der Waals surface area contributed by atoms with Gasteiger partial charge in [0.1, 0.15) is 0 Å². The van der Waals surface area contributed by atoms with E-state index in [0.29, 0.717) is 11.9 Å². The highest BCUT2D eigenvalue weighted by molar-refractivity contribution is 6.30. The highest BCUT2D eigenvalue weighted by atomic mass is 35.5. The minimum Gasteiger partial charge on any atom is -0.369 e. The molecule has 1 aliphatic rings. The number of pyridine rings is 1. The van der Waals surface area contributed by atoms with Gasteiger partial charge in [0, 0.05) is 55.0 Å². The first kappa shape index (κ1) is 28.1. The number of piperazine rings is 1. The number of rotatable bonds is 5. The summed E-state index contributed by atoms with van der Waals surface area (Å²) in [4.78, 5) is 26.8. The van der Waals surface area contributed by atoms with Gasteiger partial charge in [-0.3, -0.25) is 19.2 Å². The number of benzene rings is 2. The van der Waals surface area contributed by atoms with Crippen molar-refractivity contribution in [2.45, 2.75) is 13.0 Å². The average molecular weight is 543 g/mol. The lowest BCUT2D eigenvalue weighted by atomic mass is 10.1. The topological polar surface area (TPSA) is 54.3 Å². The fourth-order valence-corrected chi connectivity index (χ4v) is 4.39. The summed E-state index contributed by atoms with van der Waals surface area (Å²) in [6, 6.07) is 15.8. The van der Waals surface area contributed by atoms with Crippen LogP contribution in [0.5, 0.6) is 0 Å². The van der Waals surface area contributed by atoms with E-state index in [9.17, 15) is 4.79 Å². The molecule has 0 bridgehead atoms. The quantitative estimate of drug-likeness (QED) is 0.329. The highest BCUT2D eigenvalue weighted by Gasteiger charge is 2.17.